The predicted molar refractivity (Wildman–Crippen MR) is 72.4 cm³/mol. The number of rotatable bonds is 9. The first-order chi connectivity index (χ1) is 7.24. The molecule has 0 aliphatic carbocycles. The lowest BCUT2D eigenvalue weighted by Gasteiger charge is -2.14. The SMILES string of the molecule is CCCC(CCCCI)CC(=O)OCC. The Balaban J connectivity index is 3.75. The van der Waals surface area contributed by atoms with Crippen molar-refractivity contribution in [2.24, 2.45) is 5.92 Å². The predicted octanol–water partition coefficient (Wildman–Crippen LogP) is 3.96. The number of halogens is 1. The highest BCUT2D eigenvalue weighted by molar-refractivity contribution is 14.1. The number of carbonyl (C=O) groups is 1. The molecule has 0 spiro atoms. The Morgan fingerprint density at radius 1 is 1.27 bits per heavy atom. The minimum absolute atomic E-state index is 0.0228. The second-order valence-electron chi connectivity index (χ2n) is 3.85. The topological polar surface area (TPSA) is 26.3 Å². The summed E-state index contributed by atoms with van der Waals surface area (Å²) in [5.41, 5.74) is 0. The van der Waals surface area contributed by atoms with E-state index in [2.05, 4.69) is 29.5 Å². The van der Waals surface area contributed by atoms with Crippen molar-refractivity contribution in [3.63, 3.8) is 0 Å². The van der Waals surface area contributed by atoms with Crippen LogP contribution in [0.3, 0.4) is 0 Å². The number of carbonyl (C=O) groups excluding carboxylic acids is 1. The molecule has 0 rings (SSSR count). The van der Waals surface area contributed by atoms with Crippen molar-refractivity contribution >= 4 is 28.6 Å². The third-order valence-electron chi connectivity index (χ3n) is 2.45. The van der Waals surface area contributed by atoms with E-state index in [1.807, 2.05) is 6.92 Å². The summed E-state index contributed by atoms with van der Waals surface area (Å²) in [6.07, 6.45) is 6.61. The highest BCUT2D eigenvalue weighted by atomic mass is 127. The summed E-state index contributed by atoms with van der Waals surface area (Å²) in [6, 6.07) is 0. The van der Waals surface area contributed by atoms with Gasteiger partial charge < -0.3 is 4.74 Å². The van der Waals surface area contributed by atoms with Gasteiger partial charge in [0.1, 0.15) is 0 Å². The van der Waals surface area contributed by atoms with E-state index >= 15 is 0 Å². The van der Waals surface area contributed by atoms with Crippen LogP contribution in [0.25, 0.3) is 0 Å². The van der Waals surface area contributed by atoms with Crippen LogP contribution in [0.4, 0.5) is 0 Å². The summed E-state index contributed by atoms with van der Waals surface area (Å²) >= 11 is 2.40. The van der Waals surface area contributed by atoms with Crippen molar-refractivity contribution in [1.82, 2.24) is 0 Å². The Morgan fingerprint density at radius 3 is 2.53 bits per heavy atom. The standard InChI is InChI=1S/C12H23IO2/c1-3-7-11(8-5-6-9-13)10-12(14)15-4-2/h11H,3-10H2,1-2H3. The molecule has 0 bridgehead atoms. The summed E-state index contributed by atoms with van der Waals surface area (Å²) in [5, 5.41) is 0. The van der Waals surface area contributed by atoms with Gasteiger partial charge in [0, 0.05) is 6.42 Å². The highest BCUT2D eigenvalue weighted by Crippen LogP contribution is 2.19. The average molecular weight is 326 g/mol. The summed E-state index contributed by atoms with van der Waals surface area (Å²) in [7, 11) is 0. The van der Waals surface area contributed by atoms with Crippen LogP contribution < -0.4 is 0 Å². The lowest BCUT2D eigenvalue weighted by molar-refractivity contribution is -0.144. The lowest BCUT2D eigenvalue weighted by atomic mass is 9.94. The molecule has 90 valence electrons. The highest BCUT2D eigenvalue weighted by Gasteiger charge is 2.13. The molecule has 0 saturated heterocycles. The van der Waals surface area contributed by atoms with Gasteiger partial charge in [-0.1, -0.05) is 48.8 Å². The summed E-state index contributed by atoms with van der Waals surface area (Å²) in [5.74, 6) is 0.516. The van der Waals surface area contributed by atoms with E-state index in [4.69, 9.17) is 4.74 Å². The van der Waals surface area contributed by atoms with Crippen molar-refractivity contribution in [2.45, 2.75) is 52.4 Å². The van der Waals surface area contributed by atoms with E-state index in [0.29, 0.717) is 18.9 Å². The average Bonchev–Trinajstić information content (AvgIpc) is 2.18. The third kappa shape index (κ3) is 9.15. The van der Waals surface area contributed by atoms with Gasteiger partial charge in [0.05, 0.1) is 6.61 Å². The van der Waals surface area contributed by atoms with E-state index in [9.17, 15) is 4.79 Å². The lowest BCUT2D eigenvalue weighted by Crippen LogP contribution is -2.11. The first-order valence-corrected chi connectivity index (χ1v) is 7.48. The van der Waals surface area contributed by atoms with E-state index in [1.165, 1.54) is 23.7 Å². The van der Waals surface area contributed by atoms with Gasteiger partial charge in [0.2, 0.25) is 0 Å². The van der Waals surface area contributed by atoms with E-state index in [1.54, 1.807) is 0 Å². The summed E-state index contributed by atoms with van der Waals surface area (Å²) < 4.78 is 6.20. The van der Waals surface area contributed by atoms with Crippen LogP contribution in [0.15, 0.2) is 0 Å². The maximum Gasteiger partial charge on any atom is 0.306 e. The number of hydrogen-bond donors (Lipinski definition) is 0. The molecule has 0 aliphatic rings. The van der Waals surface area contributed by atoms with Crippen molar-refractivity contribution in [1.29, 1.82) is 0 Å². The summed E-state index contributed by atoms with van der Waals surface area (Å²) in [4.78, 5) is 11.3. The molecule has 3 heteroatoms. The smallest absolute Gasteiger partial charge is 0.306 e. The molecule has 0 fully saturated rings. The minimum Gasteiger partial charge on any atom is -0.466 e. The number of alkyl halides is 1. The molecule has 1 atom stereocenters. The number of unbranched alkanes of at least 4 members (excludes halogenated alkanes) is 1. The molecule has 0 aliphatic heterocycles. The molecule has 0 aromatic heterocycles. The molecule has 0 aromatic rings. The van der Waals surface area contributed by atoms with Crippen LogP contribution in [0.5, 0.6) is 0 Å². The second kappa shape index (κ2) is 10.7. The fourth-order valence-corrected chi connectivity index (χ4v) is 2.28. The number of hydrogen-bond acceptors (Lipinski definition) is 2. The van der Waals surface area contributed by atoms with Crippen molar-refractivity contribution in [3.05, 3.63) is 0 Å². The molecule has 0 amide bonds. The van der Waals surface area contributed by atoms with Crippen LogP contribution in [0.2, 0.25) is 0 Å². The second-order valence-corrected chi connectivity index (χ2v) is 4.93. The Morgan fingerprint density at radius 2 is 2.00 bits per heavy atom. The van der Waals surface area contributed by atoms with Crippen LogP contribution in [0, 0.1) is 5.92 Å². The molecular formula is C12H23IO2. The van der Waals surface area contributed by atoms with Gasteiger partial charge in [-0.3, -0.25) is 4.79 Å². The van der Waals surface area contributed by atoms with Gasteiger partial charge in [0.25, 0.3) is 0 Å². The van der Waals surface area contributed by atoms with Crippen molar-refractivity contribution in [2.75, 3.05) is 11.0 Å². The zero-order chi connectivity index (χ0) is 11.5. The van der Waals surface area contributed by atoms with E-state index < -0.39 is 0 Å². The Hall–Kier alpha value is 0.200. The normalized spacial score (nSPS) is 12.5. The van der Waals surface area contributed by atoms with Crippen molar-refractivity contribution in [3.8, 4) is 0 Å². The molecule has 0 N–H and O–H groups in total. The zero-order valence-corrected chi connectivity index (χ0v) is 12.1. The van der Waals surface area contributed by atoms with E-state index in [-0.39, 0.29) is 5.97 Å². The van der Waals surface area contributed by atoms with Gasteiger partial charge in [-0.15, -0.1) is 0 Å². The molecule has 2 nitrogen and oxygen atoms in total. The fraction of sp³-hybridized carbons (Fsp3) is 0.917. The molecule has 15 heavy (non-hydrogen) atoms. The maximum atomic E-state index is 11.3. The monoisotopic (exact) mass is 326 g/mol. The van der Waals surface area contributed by atoms with Crippen molar-refractivity contribution < 1.29 is 9.53 Å². The largest absolute Gasteiger partial charge is 0.466 e. The van der Waals surface area contributed by atoms with E-state index in [0.717, 1.165) is 12.8 Å². The molecule has 0 radical (unpaired) electrons. The summed E-state index contributed by atoms with van der Waals surface area (Å²) in [6.45, 7) is 4.55. The molecule has 0 saturated carbocycles. The maximum absolute atomic E-state index is 11.3. The fourth-order valence-electron chi connectivity index (χ4n) is 1.74. The van der Waals surface area contributed by atoms with Gasteiger partial charge in [0.15, 0.2) is 0 Å². The van der Waals surface area contributed by atoms with Gasteiger partial charge >= 0.3 is 5.97 Å². The van der Waals surface area contributed by atoms with Gasteiger partial charge in [-0.2, -0.15) is 0 Å². The third-order valence-corrected chi connectivity index (χ3v) is 3.22. The van der Waals surface area contributed by atoms with Crippen LogP contribution >= 0.6 is 22.6 Å². The zero-order valence-electron chi connectivity index (χ0n) is 9.93. The molecule has 0 aromatic carbocycles. The minimum atomic E-state index is -0.0228. The Labute approximate surface area is 107 Å². The molecule has 1 unspecified atom stereocenters. The van der Waals surface area contributed by atoms with Crippen LogP contribution in [-0.4, -0.2) is 17.0 Å². The van der Waals surface area contributed by atoms with Gasteiger partial charge in [-0.05, 0) is 30.1 Å². The molecule has 0 heterocycles. The van der Waals surface area contributed by atoms with Crippen LogP contribution in [-0.2, 0) is 9.53 Å². The quantitative estimate of drug-likeness (QED) is 0.277. The number of esters is 1. The number of ether oxygens (including phenoxy) is 1. The van der Waals surface area contributed by atoms with Gasteiger partial charge in [-0.25, -0.2) is 0 Å². The van der Waals surface area contributed by atoms with Crippen LogP contribution in [0.1, 0.15) is 52.4 Å². The Bertz CT molecular complexity index is 160. The first-order valence-electron chi connectivity index (χ1n) is 5.96. The molecular weight excluding hydrogens is 303 g/mol. The first kappa shape index (κ1) is 15.2. The Kier molecular flexibility index (Phi) is 10.9.